The summed E-state index contributed by atoms with van der Waals surface area (Å²) in [6, 6.07) is 85.8. The quantitative estimate of drug-likeness (QED) is 0.157. The van der Waals surface area contributed by atoms with Gasteiger partial charge in [-0.05, 0) is 113 Å². The van der Waals surface area contributed by atoms with Crippen LogP contribution in [0.5, 0.6) is 0 Å². The van der Waals surface area contributed by atoms with E-state index in [9.17, 15) is 0 Å². The number of aromatic nitrogens is 2. The molecule has 2 heterocycles. The fraction of sp³-hybridized carbons (Fsp3) is 0. The van der Waals surface area contributed by atoms with E-state index in [1.165, 1.54) is 82.3 Å². The normalized spacial score (nSPS) is 11.6. The average Bonchev–Trinajstić information content (AvgIpc) is 3.85. The van der Waals surface area contributed by atoms with Gasteiger partial charge in [0.15, 0.2) is 0 Å². The molecule has 12 rings (SSSR count). The van der Waals surface area contributed by atoms with Crippen LogP contribution in [0.4, 0.5) is 17.1 Å². The van der Waals surface area contributed by atoms with E-state index in [0.717, 1.165) is 22.7 Å². The van der Waals surface area contributed by atoms with Gasteiger partial charge in [-0.25, -0.2) is 0 Å². The summed E-state index contributed by atoms with van der Waals surface area (Å²) in [7, 11) is 0. The summed E-state index contributed by atoms with van der Waals surface area (Å²) in [5.74, 6) is 0. The van der Waals surface area contributed by atoms with E-state index < -0.39 is 0 Å². The number of benzene rings is 10. The summed E-state index contributed by atoms with van der Waals surface area (Å²) < 4.78 is 4.76. The van der Waals surface area contributed by atoms with Gasteiger partial charge in [0, 0.05) is 49.7 Å². The number of fused-ring (bicyclic) bond motifs is 7. The van der Waals surface area contributed by atoms with Gasteiger partial charge in [-0.15, -0.1) is 0 Å². The predicted octanol–water partition coefficient (Wildman–Crippen LogP) is 15.8. The van der Waals surface area contributed by atoms with E-state index >= 15 is 0 Å². The molecule has 12 aromatic rings. The third kappa shape index (κ3) is 5.74. The van der Waals surface area contributed by atoms with Crippen molar-refractivity contribution in [3.8, 4) is 33.6 Å². The highest BCUT2D eigenvalue weighted by Gasteiger charge is 2.20. The Morgan fingerprint density at radius 2 is 0.738 bits per heavy atom. The van der Waals surface area contributed by atoms with Gasteiger partial charge in [-0.1, -0.05) is 152 Å². The molecule has 0 saturated heterocycles. The van der Waals surface area contributed by atoms with E-state index in [2.05, 4.69) is 251 Å². The molecule has 286 valence electrons. The van der Waals surface area contributed by atoms with Gasteiger partial charge in [0.25, 0.3) is 0 Å². The molecule has 2 aromatic heterocycles. The molecule has 0 aliphatic rings. The Morgan fingerprint density at radius 1 is 0.262 bits per heavy atom. The minimum atomic E-state index is 1.10. The third-order valence-corrected chi connectivity index (χ3v) is 12.3. The van der Waals surface area contributed by atoms with E-state index in [1.54, 1.807) is 0 Å². The third-order valence-electron chi connectivity index (χ3n) is 12.3. The van der Waals surface area contributed by atoms with E-state index in [4.69, 9.17) is 0 Å². The van der Waals surface area contributed by atoms with E-state index in [1.807, 2.05) is 0 Å². The second kappa shape index (κ2) is 14.3. The molecule has 0 N–H and O–H groups in total. The molecule has 0 unspecified atom stereocenters. The Labute approximate surface area is 354 Å². The first-order chi connectivity index (χ1) is 30.3. The topological polar surface area (TPSA) is 13.1 Å². The van der Waals surface area contributed by atoms with Crippen LogP contribution in [0.3, 0.4) is 0 Å². The van der Waals surface area contributed by atoms with Crippen molar-refractivity contribution in [1.82, 2.24) is 9.13 Å². The number of hydrogen-bond donors (Lipinski definition) is 0. The van der Waals surface area contributed by atoms with Gasteiger partial charge in [-0.3, -0.25) is 0 Å². The summed E-state index contributed by atoms with van der Waals surface area (Å²) in [6.45, 7) is 0. The van der Waals surface area contributed by atoms with Gasteiger partial charge < -0.3 is 14.0 Å². The van der Waals surface area contributed by atoms with E-state index in [0.29, 0.717) is 0 Å². The molecule has 3 nitrogen and oxygen atoms in total. The minimum Gasteiger partial charge on any atom is -0.310 e. The molecule has 61 heavy (non-hydrogen) atoms. The second-order valence-electron chi connectivity index (χ2n) is 15.7. The number of anilines is 3. The molecule has 10 aromatic carbocycles. The van der Waals surface area contributed by atoms with Crippen molar-refractivity contribution in [2.75, 3.05) is 4.90 Å². The van der Waals surface area contributed by atoms with Gasteiger partial charge in [0.2, 0.25) is 0 Å². The van der Waals surface area contributed by atoms with Crippen LogP contribution >= 0.6 is 0 Å². The summed E-state index contributed by atoms with van der Waals surface area (Å²) in [5, 5.41) is 7.41. The smallest absolute Gasteiger partial charge is 0.0547 e. The van der Waals surface area contributed by atoms with Gasteiger partial charge in [-0.2, -0.15) is 0 Å². The highest BCUT2D eigenvalue weighted by Crippen LogP contribution is 2.44. The maximum atomic E-state index is 2.40. The molecule has 0 atom stereocenters. The molecule has 0 saturated carbocycles. The Morgan fingerprint density at radius 3 is 1.41 bits per heavy atom. The van der Waals surface area contributed by atoms with Crippen LogP contribution in [0.2, 0.25) is 0 Å². The van der Waals surface area contributed by atoms with Gasteiger partial charge in [0.05, 0.1) is 27.8 Å². The molecule has 0 bridgehead atoms. The maximum absolute atomic E-state index is 2.40. The van der Waals surface area contributed by atoms with Crippen LogP contribution in [0.25, 0.3) is 88.0 Å². The molecule has 0 aliphatic heterocycles. The highest BCUT2D eigenvalue weighted by molar-refractivity contribution is 6.13. The van der Waals surface area contributed by atoms with Crippen molar-refractivity contribution in [2.45, 2.75) is 0 Å². The van der Waals surface area contributed by atoms with Crippen LogP contribution in [0.15, 0.2) is 237 Å². The summed E-state index contributed by atoms with van der Waals surface area (Å²) >= 11 is 0. The van der Waals surface area contributed by atoms with Crippen LogP contribution < -0.4 is 4.90 Å². The fourth-order valence-electron chi connectivity index (χ4n) is 9.54. The molecule has 0 fully saturated rings. The highest BCUT2D eigenvalue weighted by atomic mass is 15.1. The summed E-state index contributed by atoms with van der Waals surface area (Å²) in [5.41, 5.74) is 15.3. The predicted molar refractivity (Wildman–Crippen MR) is 258 cm³/mol. The second-order valence-corrected chi connectivity index (χ2v) is 15.7. The van der Waals surface area contributed by atoms with Crippen molar-refractivity contribution >= 4 is 71.4 Å². The van der Waals surface area contributed by atoms with Crippen LogP contribution in [0, 0.1) is 0 Å². The number of hydrogen-bond acceptors (Lipinski definition) is 1. The molecule has 0 aliphatic carbocycles. The van der Waals surface area contributed by atoms with Crippen molar-refractivity contribution in [2.24, 2.45) is 0 Å². The van der Waals surface area contributed by atoms with Crippen LogP contribution in [-0.4, -0.2) is 9.13 Å². The van der Waals surface area contributed by atoms with E-state index in [-0.39, 0.29) is 0 Å². The van der Waals surface area contributed by atoms with Crippen LogP contribution in [-0.2, 0) is 0 Å². The standard InChI is InChI=1S/C58H39N3/c1-4-16-43(17-5-1)59(46-32-28-40(29-33-46)41-31-36-57-53(38-41)51-25-13-15-27-55(51)60(57)44-18-6-2-7-19-44)56-37-35-47(48-22-10-11-23-49(48)56)42-30-34-52-50-24-12-14-26-54(50)61(58(52)39-42)45-20-8-3-9-21-45/h1-39H. The SMILES string of the molecule is c1ccc(N(c2ccc(-c3ccc4c(c3)c3ccccc3n4-c3ccccc3)cc2)c2ccc(-c3ccc4c5ccccc5n(-c5ccccc5)c4c3)c3ccccc23)cc1. The summed E-state index contributed by atoms with van der Waals surface area (Å²) in [6.07, 6.45) is 0. The number of para-hydroxylation sites is 5. The zero-order valence-electron chi connectivity index (χ0n) is 33.4. The molecule has 0 radical (unpaired) electrons. The Balaban J connectivity index is 0.968. The van der Waals surface area contributed by atoms with Gasteiger partial charge >= 0.3 is 0 Å². The lowest BCUT2D eigenvalue weighted by Gasteiger charge is -2.27. The first-order valence-corrected chi connectivity index (χ1v) is 20.9. The first-order valence-electron chi connectivity index (χ1n) is 20.9. The molecule has 3 heteroatoms. The van der Waals surface area contributed by atoms with Crippen molar-refractivity contribution in [3.63, 3.8) is 0 Å². The lowest BCUT2D eigenvalue weighted by atomic mass is 9.95. The first kappa shape index (κ1) is 34.9. The summed E-state index contributed by atoms with van der Waals surface area (Å²) in [4.78, 5) is 2.39. The fourth-order valence-corrected chi connectivity index (χ4v) is 9.54. The maximum Gasteiger partial charge on any atom is 0.0547 e. The lowest BCUT2D eigenvalue weighted by Crippen LogP contribution is -2.10. The van der Waals surface area contributed by atoms with Crippen molar-refractivity contribution < 1.29 is 0 Å². The van der Waals surface area contributed by atoms with Crippen LogP contribution in [0.1, 0.15) is 0 Å². The number of rotatable bonds is 7. The molecular weight excluding hydrogens is 739 g/mol. The molecular formula is C58H39N3. The minimum absolute atomic E-state index is 1.10. The molecule has 0 spiro atoms. The Bertz CT molecular complexity index is 3560. The Hall–Kier alpha value is -8.14. The lowest BCUT2D eigenvalue weighted by molar-refractivity contribution is 1.18. The number of nitrogens with zero attached hydrogens (tertiary/aromatic N) is 3. The van der Waals surface area contributed by atoms with Crippen molar-refractivity contribution in [3.05, 3.63) is 237 Å². The average molecular weight is 778 g/mol. The molecule has 0 amide bonds. The zero-order chi connectivity index (χ0) is 40.3. The zero-order valence-corrected chi connectivity index (χ0v) is 33.4. The van der Waals surface area contributed by atoms with Gasteiger partial charge in [0.1, 0.15) is 0 Å². The monoisotopic (exact) mass is 777 g/mol. The Kier molecular flexibility index (Phi) is 8.17. The van der Waals surface area contributed by atoms with Crippen molar-refractivity contribution in [1.29, 1.82) is 0 Å². The largest absolute Gasteiger partial charge is 0.310 e.